The predicted molar refractivity (Wildman–Crippen MR) is 75.7 cm³/mol. The van der Waals surface area contributed by atoms with Crippen LogP contribution in [0.1, 0.15) is 33.6 Å². The molecule has 114 valence electrons. The zero-order valence-corrected chi connectivity index (χ0v) is 12.6. The molecule has 2 aliphatic rings. The van der Waals surface area contributed by atoms with Gasteiger partial charge in [0.05, 0.1) is 0 Å². The van der Waals surface area contributed by atoms with Gasteiger partial charge in [0.15, 0.2) is 0 Å². The first-order chi connectivity index (χ1) is 9.29. The SMILES string of the molecule is CC(C)(C)N1CCN(C(=O)N(CC(=O)O)C2CC2)CC1. The molecule has 0 unspecified atom stereocenters. The lowest BCUT2D eigenvalue weighted by Gasteiger charge is -2.43. The Morgan fingerprint density at radius 1 is 1.15 bits per heavy atom. The summed E-state index contributed by atoms with van der Waals surface area (Å²) >= 11 is 0. The van der Waals surface area contributed by atoms with Crippen LogP contribution in [-0.4, -0.2) is 76.1 Å². The fourth-order valence-electron chi connectivity index (χ4n) is 2.64. The van der Waals surface area contributed by atoms with Crippen molar-refractivity contribution in [2.45, 2.75) is 45.2 Å². The number of carbonyl (C=O) groups is 2. The third kappa shape index (κ3) is 3.62. The Bertz CT molecular complexity index is 380. The Kier molecular flexibility index (Phi) is 4.22. The summed E-state index contributed by atoms with van der Waals surface area (Å²) in [6.45, 7) is 9.39. The van der Waals surface area contributed by atoms with Crippen LogP contribution in [0.15, 0.2) is 0 Å². The number of nitrogens with zero attached hydrogens (tertiary/aromatic N) is 3. The molecule has 6 nitrogen and oxygen atoms in total. The number of hydrogen-bond donors (Lipinski definition) is 1. The maximum atomic E-state index is 12.4. The van der Waals surface area contributed by atoms with Gasteiger partial charge in [-0.1, -0.05) is 0 Å². The van der Waals surface area contributed by atoms with Crippen LogP contribution in [0.2, 0.25) is 0 Å². The van der Waals surface area contributed by atoms with Gasteiger partial charge >= 0.3 is 12.0 Å². The molecule has 0 bridgehead atoms. The monoisotopic (exact) mass is 283 g/mol. The van der Waals surface area contributed by atoms with Crippen LogP contribution in [0.25, 0.3) is 0 Å². The summed E-state index contributed by atoms with van der Waals surface area (Å²) in [7, 11) is 0. The molecule has 2 rings (SSSR count). The first kappa shape index (κ1) is 15.1. The molecule has 1 aliphatic heterocycles. The zero-order chi connectivity index (χ0) is 14.9. The van der Waals surface area contributed by atoms with E-state index in [1.807, 2.05) is 0 Å². The topological polar surface area (TPSA) is 64.1 Å². The third-order valence-electron chi connectivity index (χ3n) is 4.04. The molecule has 1 aliphatic carbocycles. The molecule has 6 heteroatoms. The van der Waals surface area contributed by atoms with Gasteiger partial charge in [-0.15, -0.1) is 0 Å². The van der Waals surface area contributed by atoms with E-state index in [9.17, 15) is 9.59 Å². The van der Waals surface area contributed by atoms with Gasteiger partial charge in [0.1, 0.15) is 6.54 Å². The molecular weight excluding hydrogens is 258 g/mol. The summed E-state index contributed by atoms with van der Waals surface area (Å²) in [5, 5.41) is 8.94. The number of carboxylic acid groups (broad SMARTS) is 1. The van der Waals surface area contributed by atoms with Crippen LogP contribution in [-0.2, 0) is 4.79 Å². The number of piperazine rings is 1. The van der Waals surface area contributed by atoms with Crippen molar-refractivity contribution in [3.63, 3.8) is 0 Å². The molecule has 1 N–H and O–H groups in total. The van der Waals surface area contributed by atoms with E-state index in [1.54, 1.807) is 4.90 Å². The maximum Gasteiger partial charge on any atom is 0.323 e. The van der Waals surface area contributed by atoms with Gasteiger partial charge in [0.2, 0.25) is 0 Å². The Morgan fingerprint density at radius 3 is 2.10 bits per heavy atom. The number of aliphatic carboxylic acids is 1. The molecule has 20 heavy (non-hydrogen) atoms. The third-order valence-corrected chi connectivity index (χ3v) is 4.04. The van der Waals surface area contributed by atoms with Crippen molar-refractivity contribution < 1.29 is 14.7 Å². The van der Waals surface area contributed by atoms with E-state index in [4.69, 9.17) is 5.11 Å². The van der Waals surface area contributed by atoms with Crippen molar-refractivity contribution in [2.24, 2.45) is 0 Å². The van der Waals surface area contributed by atoms with Crippen molar-refractivity contribution in [3.05, 3.63) is 0 Å². The quantitative estimate of drug-likeness (QED) is 0.841. The largest absolute Gasteiger partial charge is 0.480 e. The Hall–Kier alpha value is -1.30. The van der Waals surface area contributed by atoms with Gasteiger partial charge < -0.3 is 14.9 Å². The van der Waals surface area contributed by atoms with Crippen LogP contribution >= 0.6 is 0 Å². The molecule has 0 aromatic carbocycles. The normalized spacial score (nSPS) is 20.9. The highest BCUT2D eigenvalue weighted by atomic mass is 16.4. The second-order valence-electron chi connectivity index (χ2n) is 6.68. The average Bonchev–Trinajstić information content (AvgIpc) is 3.18. The Labute approximate surface area is 120 Å². The van der Waals surface area contributed by atoms with Gasteiger partial charge in [-0.25, -0.2) is 4.79 Å². The zero-order valence-electron chi connectivity index (χ0n) is 12.6. The molecule has 0 aromatic heterocycles. The van der Waals surface area contributed by atoms with Crippen molar-refractivity contribution in [2.75, 3.05) is 32.7 Å². The first-order valence-electron chi connectivity index (χ1n) is 7.31. The second kappa shape index (κ2) is 5.60. The van der Waals surface area contributed by atoms with Gasteiger partial charge in [-0.05, 0) is 33.6 Å². The van der Waals surface area contributed by atoms with Crippen LogP contribution in [0.5, 0.6) is 0 Å². The van der Waals surface area contributed by atoms with Crippen LogP contribution in [0.4, 0.5) is 4.79 Å². The second-order valence-corrected chi connectivity index (χ2v) is 6.68. The molecule has 1 saturated carbocycles. The van der Waals surface area contributed by atoms with E-state index in [-0.39, 0.29) is 24.2 Å². The molecule has 0 aromatic rings. The molecule has 2 fully saturated rings. The number of hydrogen-bond acceptors (Lipinski definition) is 3. The summed E-state index contributed by atoms with van der Waals surface area (Å²) in [6.07, 6.45) is 1.86. The fourth-order valence-corrected chi connectivity index (χ4v) is 2.64. The first-order valence-corrected chi connectivity index (χ1v) is 7.31. The van der Waals surface area contributed by atoms with Gasteiger partial charge in [-0.2, -0.15) is 0 Å². The number of carboxylic acids is 1. The van der Waals surface area contributed by atoms with Gasteiger partial charge in [0, 0.05) is 37.8 Å². The number of carbonyl (C=O) groups excluding carboxylic acids is 1. The predicted octanol–water partition coefficient (Wildman–Crippen LogP) is 1.07. The van der Waals surface area contributed by atoms with Crippen molar-refractivity contribution in [3.8, 4) is 0 Å². The molecule has 0 radical (unpaired) electrons. The molecule has 0 atom stereocenters. The lowest BCUT2D eigenvalue weighted by molar-refractivity contribution is -0.137. The van der Waals surface area contributed by atoms with Crippen LogP contribution in [0.3, 0.4) is 0 Å². The van der Waals surface area contributed by atoms with Crippen LogP contribution < -0.4 is 0 Å². The Balaban J connectivity index is 1.91. The summed E-state index contributed by atoms with van der Waals surface area (Å²) in [5.41, 5.74) is 0.117. The summed E-state index contributed by atoms with van der Waals surface area (Å²) < 4.78 is 0. The minimum atomic E-state index is -0.932. The lowest BCUT2D eigenvalue weighted by Crippen LogP contribution is -2.57. The standard InChI is InChI=1S/C14H25N3O3/c1-14(2,3)16-8-6-15(7-9-16)13(20)17(10-12(18)19)11-4-5-11/h11H,4-10H2,1-3H3,(H,18,19). The molecule has 1 heterocycles. The minimum Gasteiger partial charge on any atom is -0.480 e. The number of urea groups is 1. The molecular formula is C14H25N3O3. The molecule has 1 saturated heterocycles. The molecule has 2 amide bonds. The highest BCUT2D eigenvalue weighted by Crippen LogP contribution is 2.28. The van der Waals surface area contributed by atoms with Crippen molar-refractivity contribution in [1.82, 2.24) is 14.7 Å². The van der Waals surface area contributed by atoms with Crippen LogP contribution in [0, 0.1) is 0 Å². The van der Waals surface area contributed by atoms with E-state index in [2.05, 4.69) is 25.7 Å². The van der Waals surface area contributed by atoms with E-state index >= 15 is 0 Å². The maximum absolute atomic E-state index is 12.4. The van der Waals surface area contributed by atoms with E-state index in [0.29, 0.717) is 13.1 Å². The van der Waals surface area contributed by atoms with E-state index in [0.717, 1.165) is 25.9 Å². The van der Waals surface area contributed by atoms with Crippen molar-refractivity contribution >= 4 is 12.0 Å². The highest BCUT2D eigenvalue weighted by Gasteiger charge is 2.37. The number of rotatable bonds is 3. The lowest BCUT2D eigenvalue weighted by atomic mass is 10.1. The minimum absolute atomic E-state index is 0.108. The van der Waals surface area contributed by atoms with Crippen molar-refractivity contribution in [1.29, 1.82) is 0 Å². The van der Waals surface area contributed by atoms with E-state index in [1.165, 1.54) is 4.90 Å². The van der Waals surface area contributed by atoms with E-state index < -0.39 is 5.97 Å². The van der Waals surface area contributed by atoms with Gasteiger partial charge in [0.25, 0.3) is 0 Å². The summed E-state index contributed by atoms with van der Waals surface area (Å²) in [6, 6.07) is 0.0303. The smallest absolute Gasteiger partial charge is 0.323 e. The summed E-state index contributed by atoms with van der Waals surface area (Å²) in [5.74, 6) is -0.932. The molecule has 0 spiro atoms. The number of amides is 2. The highest BCUT2D eigenvalue weighted by molar-refractivity contribution is 5.81. The summed E-state index contributed by atoms with van der Waals surface area (Å²) in [4.78, 5) is 29.0. The average molecular weight is 283 g/mol. The van der Waals surface area contributed by atoms with Gasteiger partial charge in [-0.3, -0.25) is 9.69 Å². The Morgan fingerprint density at radius 2 is 1.70 bits per heavy atom. The fraction of sp³-hybridized carbons (Fsp3) is 0.857.